The molecule has 1 atom stereocenters. The van der Waals surface area contributed by atoms with E-state index in [1.165, 1.54) is 18.3 Å². The summed E-state index contributed by atoms with van der Waals surface area (Å²) in [7, 11) is 0. The summed E-state index contributed by atoms with van der Waals surface area (Å²) >= 11 is 1.18. The molecule has 7 heteroatoms. The maximum atomic E-state index is 11.6. The molecule has 0 saturated heterocycles. The van der Waals surface area contributed by atoms with Gasteiger partial charge in [0.05, 0.1) is 6.10 Å². The van der Waals surface area contributed by atoms with E-state index < -0.39 is 6.10 Å². The van der Waals surface area contributed by atoms with Crippen LogP contribution in [0.5, 0.6) is 0 Å². The highest BCUT2D eigenvalue weighted by Crippen LogP contribution is 2.14. The number of aromatic nitrogens is 1. The van der Waals surface area contributed by atoms with Crippen LogP contribution in [0.15, 0.2) is 5.38 Å². The Balaban J connectivity index is 2.52. The molecule has 0 aliphatic carbocycles. The largest absolute Gasteiger partial charge is 0.391 e. The maximum Gasteiger partial charge on any atom is 0.270 e. The Labute approximate surface area is 103 Å². The first-order chi connectivity index (χ1) is 8.02. The average molecular weight is 257 g/mol. The second-order valence-corrected chi connectivity index (χ2v) is 4.35. The third kappa shape index (κ3) is 4.49. The van der Waals surface area contributed by atoms with E-state index in [0.29, 0.717) is 11.6 Å². The normalized spacial score (nSPS) is 11.9. The zero-order valence-corrected chi connectivity index (χ0v) is 10.5. The lowest BCUT2D eigenvalue weighted by Gasteiger charge is -2.07. The molecule has 1 unspecified atom stereocenters. The standard InChI is InChI=1S/C10H15N3O3S/c1-3-7(15)4-11-9(16)8-5-17-10(13-8)12-6(2)14/h5,7,15H,3-4H2,1-2H3,(H,11,16)(H,12,13,14). The fraction of sp³-hybridized carbons (Fsp3) is 0.500. The van der Waals surface area contributed by atoms with Gasteiger partial charge in [0.25, 0.3) is 5.91 Å². The summed E-state index contributed by atoms with van der Waals surface area (Å²) in [6, 6.07) is 0. The molecule has 0 fully saturated rings. The molecule has 1 aromatic rings. The Morgan fingerprint density at radius 1 is 1.59 bits per heavy atom. The van der Waals surface area contributed by atoms with Gasteiger partial charge in [0, 0.05) is 18.8 Å². The highest BCUT2D eigenvalue weighted by Gasteiger charge is 2.12. The van der Waals surface area contributed by atoms with Gasteiger partial charge in [-0.15, -0.1) is 11.3 Å². The van der Waals surface area contributed by atoms with Gasteiger partial charge in [0.15, 0.2) is 5.13 Å². The van der Waals surface area contributed by atoms with Gasteiger partial charge in [-0.3, -0.25) is 9.59 Å². The fourth-order valence-electron chi connectivity index (χ4n) is 1.03. The van der Waals surface area contributed by atoms with Crippen LogP contribution < -0.4 is 10.6 Å². The third-order valence-corrected chi connectivity index (χ3v) is 2.75. The topological polar surface area (TPSA) is 91.3 Å². The second kappa shape index (κ2) is 6.31. The van der Waals surface area contributed by atoms with Gasteiger partial charge < -0.3 is 15.7 Å². The summed E-state index contributed by atoms with van der Waals surface area (Å²) in [5.74, 6) is -0.585. The van der Waals surface area contributed by atoms with E-state index in [4.69, 9.17) is 0 Å². The minimum Gasteiger partial charge on any atom is -0.391 e. The van der Waals surface area contributed by atoms with Crippen molar-refractivity contribution in [1.82, 2.24) is 10.3 Å². The lowest BCUT2D eigenvalue weighted by atomic mass is 10.3. The second-order valence-electron chi connectivity index (χ2n) is 3.49. The number of nitrogens with zero attached hydrogens (tertiary/aromatic N) is 1. The minimum atomic E-state index is -0.549. The van der Waals surface area contributed by atoms with Crippen molar-refractivity contribution in [2.75, 3.05) is 11.9 Å². The number of hydrogen-bond acceptors (Lipinski definition) is 5. The van der Waals surface area contributed by atoms with Crippen LogP contribution in [-0.2, 0) is 4.79 Å². The number of rotatable bonds is 5. The molecular formula is C10H15N3O3S. The number of thiazole rings is 1. The summed E-state index contributed by atoms with van der Waals surface area (Å²) in [4.78, 5) is 26.3. The van der Waals surface area contributed by atoms with E-state index >= 15 is 0 Å². The van der Waals surface area contributed by atoms with Crippen molar-refractivity contribution in [1.29, 1.82) is 0 Å². The summed E-state index contributed by atoms with van der Waals surface area (Å²) < 4.78 is 0. The zero-order chi connectivity index (χ0) is 12.8. The summed E-state index contributed by atoms with van der Waals surface area (Å²) in [5.41, 5.74) is 0.238. The Kier molecular flexibility index (Phi) is 5.05. The van der Waals surface area contributed by atoms with Crippen molar-refractivity contribution in [3.8, 4) is 0 Å². The molecule has 2 amide bonds. The molecular weight excluding hydrogens is 242 g/mol. The predicted octanol–water partition coefficient (Wildman–Crippen LogP) is 0.602. The van der Waals surface area contributed by atoms with Gasteiger partial charge in [0.2, 0.25) is 5.91 Å². The molecule has 0 spiro atoms. The highest BCUT2D eigenvalue weighted by atomic mass is 32.1. The number of nitrogens with one attached hydrogen (secondary N) is 2. The quantitative estimate of drug-likeness (QED) is 0.720. The van der Waals surface area contributed by atoms with Gasteiger partial charge in [-0.05, 0) is 6.42 Å². The van der Waals surface area contributed by atoms with Crippen molar-refractivity contribution in [2.45, 2.75) is 26.4 Å². The molecule has 1 aromatic heterocycles. The predicted molar refractivity (Wildman–Crippen MR) is 65.0 cm³/mol. The molecule has 0 radical (unpaired) electrons. The number of aliphatic hydroxyl groups excluding tert-OH is 1. The van der Waals surface area contributed by atoms with Crippen molar-refractivity contribution in [3.63, 3.8) is 0 Å². The summed E-state index contributed by atoms with van der Waals surface area (Å²) in [5, 5.41) is 16.3. The van der Waals surface area contributed by atoms with Gasteiger partial charge in [-0.1, -0.05) is 6.92 Å². The van der Waals surface area contributed by atoms with Crippen molar-refractivity contribution in [3.05, 3.63) is 11.1 Å². The molecule has 3 N–H and O–H groups in total. The smallest absolute Gasteiger partial charge is 0.270 e. The van der Waals surface area contributed by atoms with E-state index in [1.54, 1.807) is 5.38 Å². The van der Waals surface area contributed by atoms with E-state index in [2.05, 4.69) is 15.6 Å². The van der Waals surface area contributed by atoms with Gasteiger partial charge in [0.1, 0.15) is 5.69 Å². The molecule has 6 nitrogen and oxygen atoms in total. The lowest BCUT2D eigenvalue weighted by Crippen LogP contribution is -2.31. The monoisotopic (exact) mass is 257 g/mol. The average Bonchev–Trinajstić information content (AvgIpc) is 2.72. The first-order valence-electron chi connectivity index (χ1n) is 5.22. The first kappa shape index (κ1) is 13.6. The molecule has 0 saturated carbocycles. The molecule has 0 aliphatic heterocycles. The number of carbonyl (C=O) groups excluding carboxylic acids is 2. The minimum absolute atomic E-state index is 0.197. The van der Waals surface area contributed by atoms with E-state index in [1.807, 2.05) is 6.92 Å². The zero-order valence-electron chi connectivity index (χ0n) is 9.69. The van der Waals surface area contributed by atoms with E-state index in [-0.39, 0.29) is 24.1 Å². The molecule has 1 rings (SSSR count). The number of amides is 2. The summed E-state index contributed by atoms with van der Waals surface area (Å²) in [6.45, 7) is 3.40. The fourth-order valence-corrected chi connectivity index (χ4v) is 1.77. The SMILES string of the molecule is CCC(O)CNC(=O)c1csc(NC(C)=O)n1. The Hall–Kier alpha value is -1.47. The number of aliphatic hydroxyl groups is 1. The van der Waals surface area contributed by atoms with Crippen LogP contribution in [0.25, 0.3) is 0 Å². The maximum absolute atomic E-state index is 11.6. The molecule has 0 bridgehead atoms. The summed E-state index contributed by atoms with van der Waals surface area (Å²) in [6.07, 6.45) is 0.0292. The van der Waals surface area contributed by atoms with Crippen molar-refractivity contribution in [2.24, 2.45) is 0 Å². The number of hydrogen-bond donors (Lipinski definition) is 3. The molecule has 94 valence electrons. The first-order valence-corrected chi connectivity index (χ1v) is 6.10. The van der Waals surface area contributed by atoms with Gasteiger partial charge >= 0.3 is 0 Å². The molecule has 17 heavy (non-hydrogen) atoms. The van der Waals surface area contributed by atoms with E-state index in [0.717, 1.165) is 0 Å². The Bertz CT molecular complexity index is 405. The van der Waals surface area contributed by atoms with E-state index in [9.17, 15) is 14.7 Å². The Morgan fingerprint density at radius 2 is 2.29 bits per heavy atom. The molecule has 0 aliphatic rings. The Morgan fingerprint density at radius 3 is 2.88 bits per heavy atom. The van der Waals surface area contributed by atoms with Crippen LogP contribution in [0.4, 0.5) is 5.13 Å². The van der Waals surface area contributed by atoms with Gasteiger partial charge in [-0.25, -0.2) is 4.98 Å². The number of carbonyl (C=O) groups is 2. The van der Waals surface area contributed by atoms with Gasteiger partial charge in [-0.2, -0.15) is 0 Å². The van der Waals surface area contributed by atoms with Crippen LogP contribution in [0.3, 0.4) is 0 Å². The van der Waals surface area contributed by atoms with Crippen LogP contribution in [0.1, 0.15) is 30.8 Å². The van der Waals surface area contributed by atoms with Crippen LogP contribution in [-0.4, -0.2) is 34.6 Å². The molecule has 0 aromatic carbocycles. The van der Waals surface area contributed by atoms with Crippen LogP contribution >= 0.6 is 11.3 Å². The lowest BCUT2D eigenvalue weighted by molar-refractivity contribution is -0.114. The van der Waals surface area contributed by atoms with Crippen LogP contribution in [0.2, 0.25) is 0 Å². The van der Waals surface area contributed by atoms with Crippen molar-refractivity contribution >= 4 is 28.3 Å². The number of anilines is 1. The third-order valence-electron chi connectivity index (χ3n) is 1.99. The molecule has 1 heterocycles. The van der Waals surface area contributed by atoms with Crippen molar-refractivity contribution < 1.29 is 14.7 Å². The highest BCUT2D eigenvalue weighted by molar-refractivity contribution is 7.14. The van der Waals surface area contributed by atoms with Crippen LogP contribution in [0, 0.1) is 0 Å².